The van der Waals surface area contributed by atoms with E-state index in [0.29, 0.717) is 0 Å². The standard InChI is InChI=1S/C8H14O2S/c1-6(11)7(9)4-5-8(2,3)10/h6-7,9-11H,1-3H3/t6-,7+/m1/s1. The van der Waals surface area contributed by atoms with Crippen LogP contribution in [0.1, 0.15) is 20.8 Å². The van der Waals surface area contributed by atoms with Crippen molar-refractivity contribution in [3.8, 4) is 11.8 Å². The lowest BCUT2D eigenvalue weighted by atomic mass is 10.1. The normalized spacial score (nSPS) is 16.5. The minimum atomic E-state index is -1.04. The summed E-state index contributed by atoms with van der Waals surface area (Å²) in [5.74, 6) is 5.01. The molecule has 0 aliphatic carbocycles. The van der Waals surface area contributed by atoms with Crippen LogP contribution in [0.3, 0.4) is 0 Å². The van der Waals surface area contributed by atoms with Crippen molar-refractivity contribution in [2.75, 3.05) is 0 Å². The highest BCUT2D eigenvalue weighted by atomic mass is 32.1. The fourth-order valence-corrected chi connectivity index (χ4v) is 0.446. The molecule has 3 heteroatoms. The van der Waals surface area contributed by atoms with Gasteiger partial charge >= 0.3 is 0 Å². The van der Waals surface area contributed by atoms with Crippen LogP contribution in [0.4, 0.5) is 0 Å². The van der Waals surface area contributed by atoms with Gasteiger partial charge in [-0.25, -0.2) is 0 Å². The second-order valence-corrected chi connectivity index (χ2v) is 3.83. The maximum absolute atomic E-state index is 9.14. The zero-order valence-corrected chi connectivity index (χ0v) is 7.89. The average molecular weight is 174 g/mol. The van der Waals surface area contributed by atoms with Gasteiger partial charge in [0.15, 0.2) is 0 Å². The Morgan fingerprint density at radius 2 is 1.91 bits per heavy atom. The molecule has 0 spiro atoms. The summed E-state index contributed by atoms with van der Waals surface area (Å²) < 4.78 is 0. The van der Waals surface area contributed by atoms with Gasteiger partial charge in [-0.1, -0.05) is 18.8 Å². The van der Waals surface area contributed by atoms with Gasteiger partial charge in [-0.05, 0) is 13.8 Å². The van der Waals surface area contributed by atoms with Crippen LogP contribution in [0.25, 0.3) is 0 Å². The molecule has 0 saturated heterocycles. The molecule has 0 aliphatic heterocycles. The van der Waals surface area contributed by atoms with E-state index in [4.69, 9.17) is 10.2 Å². The van der Waals surface area contributed by atoms with Crippen LogP contribution in [0.5, 0.6) is 0 Å². The topological polar surface area (TPSA) is 40.5 Å². The number of hydrogen-bond donors (Lipinski definition) is 3. The minimum Gasteiger partial charge on any atom is -0.379 e. The Morgan fingerprint density at radius 3 is 2.18 bits per heavy atom. The molecule has 0 amide bonds. The summed E-state index contributed by atoms with van der Waals surface area (Å²) in [4.78, 5) is 0. The first kappa shape index (κ1) is 10.8. The molecule has 64 valence electrons. The molecule has 0 radical (unpaired) electrons. The first-order valence-electron chi connectivity index (χ1n) is 3.44. The van der Waals surface area contributed by atoms with E-state index < -0.39 is 11.7 Å². The van der Waals surface area contributed by atoms with Crippen LogP contribution in [-0.2, 0) is 0 Å². The van der Waals surface area contributed by atoms with E-state index in [0.717, 1.165) is 0 Å². The average Bonchev–Trinajstić information content (AvgIpc) is 1.80. The summed E-state index contributed by atoms with van der Waals surface area (Å²) in [6.07, 6.45) is -0.773. The number of aliphatic hydroxyl groups is 2. The van der Waals surface area contributed by atoms with Crippen LogP contribution >= 0.6 is 12.6 Å². The molecule has 11 heavy (non-hydrogen) atoms. The van der Waals surface area contributed by atoms with Crippen molar-refractivity contribution in [2.45, 2.75) is 37.7 Å². The van der Waals surface area contributed by atoms with Gasteiger partial charge in [-0.2, -0.15) is 12.6 Å². The molecule has 0 fully saturated rings. The Labute approximate surface area is 73.0 Å². The highest BCUT2D eigenvalue weighted by Crippen LogP contribution is 2.01. The Bertz CT molecular complexity index is 171. The first-order chi connectivity index (χ1) is 4.83. The van der Waals surface area contributed by atoms with Crippen molar-refractivity contribution in [1.29, 1.82) is 0 Å². The van der Waals surface area contributed by atoms with Crippen LogP contribution in [-0.4, -0.2) is 27.2 Å². The number of thiol groups is 1. The number of hydrogen-bond acceptors (Lipinski definition) is 3. The van der Waals surface area contributed by atoms with Gasteiger partial charge in [-0.15, -0.1) is 0 Å². The smallest absolute Gasteiger partial charge is 0.126 e. The van der Waals surface area contributed by atoms with Gasteiger partial charge in [0, 0.05) is 5.25 Å². The molecule has 2 nitrogen and oxygen atoms in total. The van der Waals surface area contributed by atoms with Gasteiger partial charge in [0.05, 0.1) is 0 Å². The lowest BCUT2D eigenvalue weighted by Crippen LogP contribution is -2.19. The first-order valence-corrected chi connectivity index (χ1v) is 3.96. The van der Waals surface area contributed by atoms with E-state index in [2.05, 4.69) is 24.5 Å². The van der Waals surface area contributed by atoms with Crippen LogP contribution in [0.2, 0.25) is 0 Å². The highest BCUT2D eigenvalue weighted by molar-refractivity contribution is 7.81. The third-order valence-electron chi connectivity index (χ3n) is 0.983. The van der Waals surface area contributed by atoms with Gasteiger partial charge in [0.2, 0.25) is 0 Å². The lowest BCUT2D eigenvalue weighted by molar-refractivity contribution is 0.142. The Hall–Kier alpha value is -0.170. The second-order valence-electron chi connectivity index (χ2n) is 3.01. The molecule has 0 heterocycles. The third kappa shape index (κ3) is 6.24. The van der Waals surface area contributed by atoms with Gasteiger partial charge in [0.1, 0.15) is 11.7 Å². The van der Waals surface area contributed by atoms with E-state index in [9.17, 15) is 0 Å². The molecule has 0 saturated carbocycles. The zero-order valence-electron chi connectivity index (χ0n) is 7.00. The van der Waals surface area contributed by atoms with Crippen molar-refractivity contribution >= 4 is 12.6 Å². The molecular weight excluding hydrogens is 160 g/mol. The molecule has 0 rings (SSSR count). The van der Waals surface area contributed by atoms with Gasteiger partial charge < -0.3 is 10.2 Å². The summed E-state index contributed by atoms with van der Waals surface area (Å²) in [6, 6.07) is 0. The maximum atomic E-state index is 9.14. The van der Waals surface area contributed by atoms with E-state index in [1.807, 2.05) is 0 Å². The SMILES string of the molecule is C[C@@H](S)[C@@H](O)C#CC(C)(C)O. The summed E-state index contributed by atoms with van der Waals surface area (Å²) in [7, 11) is 0. The molecular formula is C8H14O2S. The lowest BCUT2D eigenvalue weighted by Gasteiger charge is -2.09. The van der Waals surface area contributed by atoms with Crippen LogP contribution in [0, 0.1) is 11.8 Å². The molecule has 2 atom stereocenters. The van der Waals surface area contributed by atoms with Gasteiger partial charge in [0.25, 0.3) is 0 Å². The van der Waals surface area contributed by atoms with Gasteiger partial charge in [-0.3, -0.25) is 0 Å². The summed E-state index contributed by atoms with van der Waals surface area (Å²) in [5.41, 5.74) is -1.04. The molecule has 0 aromatic carbocycles. The minimum absolute atomic E-state index is 0.190. The quantitative estimate of drug-likeness (QED) is 0.399. The van der Waals surface area contributed by atoms with Crippen LogP contribution in [0.15, 0.2) is 0 Å². The largest absolute Gasteiger partial charge is 0.379 e. The molecule has 0 aromatic rings. The molecule has 0 unspecified atom stereocenters. The van der Waals surface area contributed by atoms with E-state index in [1.54, 1.807) is 20.8 Å². The second kappa shape index (κ2) is 4.01. The molecule has 0 bridgehead atoms. The van der Waals surface area contributed by atoms with E-state index >= 15 is 0 Å². The number of rotatable bonds is 1. The fraction of sp³-hybridized carbons (Fsp3) is 0.750. The Balaban J connectivity index is 4.08. The Morgan fingerprint density at radius 1 is 1.45 bits per heavy atom. The van der Waals surface area contributed by atoms with Crippen molar-refractivity contribution in [2.24, 2.45) is 0 Å². The fourth-order valence-electron chi connectivity index (χ4n) is 0.371. The maximum Gasteiger partial charge on any atom is 0.126 e. The van der Waals surface area contributed by atoms with E-state index in [1.165, 1.54) is 0 Å². The van der Waals surface area contributed by atoms with Crippen molar-refractivity contribution < 1.29 is 10.2 Å². The predicted molar refractivity (Wildman–Crippen MR) is 48.5 cm³/mol. The number of aliphatic hydroxyl groups excluding tert-OH is 1. The Kier molecular flexibility index (Phi) is 3.95. The third-order valence-corrected chi connectivity index (χ3v) is 1.27. The molecule has 0 aromatic heterocycles. The van der Waals surface area contributed by atoms with Crippen molar-refractivity contribution in [1.82, 2.24) is 0 Å². The predicted octanol–water partition coefficient (Wildman–Crippen LogP) is 0.440. The monoisotopic (exact) mass is 174 g/mol. The zero-order chi connectivity index (χ0) is 9.07. The highest BCUT2D eigenvalue weighted by Gasteiger charge is 2.09. The summed E-state index contributed by atoms with van der Waals surface area (Å²) in [5, 5.41) is 18.1. The van der Waals surface area contributed by atoms with Crippen molar-refractivity contribution in [3.63, 3.8) is 0 Å². The summed E-state index contributed by atoms with van der Waals surface area (Å²) >= 11 is 3.99. The van der Waals surface area contributed by atoms with E-state index in [-0.39, 0.29) is 5.25 Å². The summed E-state index contributed by atoms with van der Waals surface area (Å²) in [6.45, 7) is 4.87. The molecule has 2 N–H and O–H groups in total. The van der Waals surface area contributed by atoms with Crippen LogP contribution < -0.4 is 0 Å². The molecule has 0 aliphatic rings. The van der Waals surface area contributed by atoms with Crippen molar-refractivity contribution in [3.05, 3.63) is 0 Å².